The summed E-state index contributed by atoms with van der Waals surface area (Å²) in [6.45, 7) is -0.514. The molecular formula is C19H13FN2O5S. The smallest absolute Gasteiger partial charge is 0.335 e. The molecule has 0 saturated carbocycles. The Balaban J connectivity index is 1.68. The summed E-state index contributed by atoms with van der Waals surface area (Å²) in [7, 11) is 0. The lowest BCUT2D eigenvalue weighted by Gasteiger charge is -2.12. The highest BCUT2D eigenvalue weighted by molar-refractivity contribution is 8.18. The molecule has 0 aliphatic carbocycles. The highest BCUT2D eigenvalue weighted by atomic mass is 32.2. The number of nitrogens with one attached hydrogen (secondary N) is 1. The number of carboxylic acids is 1. The van der Waals surface area contributed by atoms with Gasteiger partial charge in [0.05, 0.1) is 10.5 Å². The van der Waals surface area contributed by atoms with Crippen LogP contribution in [-0.2, 0) is 9.59 Å². The first kappa shape index (κ1) is 19.3. The number of carboxylic acid groups (broad SMARTS) is 1. The summed E-state index contributed by atoms with van der Waals surface area (Å²) >= 11 is 0.625. The van der Waals surface area contributed by atoms with E-state index in [1.807, 2.05) is 0 Å². The Morgan fingerprint density at radius 3 is 2.43 bits per heavy atom. The molecule has 1 heterocycles. The molecule has 0 aromatic heterocycles. The molecule has 9 heteroatoms. The van der Waals surface area contributed by atoms with Crippen LogP contribution in [0.3, 0.4) is 0 Å². The van der Waals surface area contributed by atoms with Crippen molar-refractivity contribution < 1.29 is 28.7 Å². The monoisotopic (exact) mass is 400 g/mol. The molecule has 0 radical (unpaired) electrons. The maximum absolute atomic E-state index is 13.7. The van der Waals surface area contributed by atoms with Crippen molar-refractivity contribution in [2.75, 3.05) is 11.9 Å². The van der Waals surface area contributed by atoms with Crippen LogP contribution in [0, 0.1) is 5.82 Å². The molecule has 0 spiro atoms. The second kappa shape index (κ2) is 8.05. The lowest BCUT2D eigenvalue weighted by atomic mass is 10.2. The maximum atomic E-state index is 13.7. The minimum absolute atomic E-state index is 0.0220. The van der Waals surface area contributed by atoms with Crippen molar-refractivity contribution in [3.05, 3.63) is 70.4 Å². The predicted molar refractivity (Wildman–Crippen MR) is 101 cm³/mol. The molecule has 2 N–H and O–H groups in total. The van der Waals surface area contributed by atoms with E-state index in [-0.39, 0.29) is 16.0 Å². The van der Waals surface area contributed by atoms with E-state index in [0.29, 0.717) is 17.4 Å². The first-order valence-electron chi connectivity index (χ1n) is 7.98. The van der Waals surface area contributed by atoms with Gasteiger partial charge in [-0.15, -0.1) is 0 Å². The lowest BCUT2D eigenvalue weighted by molar-refractivity contribution is -0.127. The minimum atomic E-state index is -1.10. The first-order valence-corrected chi connectivity index (χ1v) is 8.80. The van der Waals surface area contributed by atoms with Gasteiger partial charge < -0.3 is 10.4 Å². The van der Waals surface area contributed by atoms with Crippen LogP contribution >= 0.6 is 11.8 Å². The number of hydrogen-bond acceptors (Lipinski definition) is 5. The fraction of sp³-hybridized carbons (Fsp3) is 0.0526. The summed E-state index contributed by atoms with van der Waals surface area (Å²) < 4.78 is 13.7. The molecule has 3 rings (SSSR count). The lowest BCUT2D eigenvalue weighted by Crippen LogP contribution is -2.36. The van der Waals surface area contributed by atoms with Gasteiger partial charge in [-0.25, -0.2) is 9.18 Å². The molecule has 28 heavy (non-hydrogen) atoms. The van der Waals surface area contributed by atoms with Gasteiger partial charge in [-0.2, -0.15) is 0 Å². The van der Waals surface area contributed by atoms with Crippen LogP contribution in [0.15, 0.2) is 53.4 Å². The van der Waals surface area contributed by atoms with Crippen LogP contribution in [-0.4, -0.2) is 39.6 Å². The molecule has 0 unspecified atom stereocenters. The van der Waals surface area contributed by atoms with E-state index in [9.17, 15) is 23.6 Å². The van der Waals surface area contributed by atoms with Gasteiger partial charge >= 0.3 is 5.97 Å². The van der Waals surface area contributed by atoms with E-state index in [2.05, 4.69) is 5.32 Å². The average molecular weight is 400 g/mol. The second-order valence-electron chi connectivity index (χ2n) is 5.72. The summed E-state index contributed by atoms with van der Waals surface area (Å²) in [5, 5.41) is 10.7. The Labute approximate surface area is 162 Å². The fourth-order valence-corrected chi connectivity index (χ4v) is 3.24. The van der Waals surface area contributed by atoms with Gasteiger partial charge in [-0.3, -0.25) is 19.3 Å². The van der Waals surface area contributed by atoms with Crippen LogP contribution in [0.1, 0.15) is 15.9 Å². The Morgan fingerprint density at radius 2 is 1.79 bits per heavy atom. The number of hydrogen-bond donors (Lipinski definition) is 2. The quantitative estimate of drug-likeness (QED) is 0.747. The van der Waals surface area contributed by atoms with Crippen LogP contribution < -0.4 is 5.32 Å². The molecule has 1 fully saturated rings. The van der Waals surface area contributed by atoms with Gasteiger partial charge in [0.2, 0.25) is 5.91 Å². The van der Waals surface area contributed by atoms with Crippen molar-refractivity contribution in [1.29, 1.82) is 0 Å². The number of imide groups is 1. The zero-order chi connectivity index (χ0) is 20.3. The Morgan fingerprint density at radius 1 is 1.11 bits per heavy atom. The van der Waals surface area contributed by atoms with Gasteiger partial charge in [0.25, 0.3) is 11.1 Å². The summed E-state index contributed by atoms with van der Waals surface area (Å²) in [5.74, 6) is -2.94. The molecule has 2 aromatic rings. The Kier molecular flexibility index (Phi) is 5.55. The fourth-order valence-electron chi connectivity index (χ4n) is 2.41. The number of halogens is 1. The number of carbonyl (C=O) groups excluding carboxylic acids is 3. The van der Waals surface area contributed by atoms with Crippen molar-refractivity contribution in [2.24, 2.45) is 0 Å². The van der Waals surface area contributed by atoms with E-state index in [1.54, 1.807) is 6.07 Å². The molecule has 3 amide bonds. The first-order chi connectivity index (χ1) is 13.3. The highest BCUT2D eigenvalue weighted by Crippen LogP contribution is 2.32. The molecule has 1 saturated heterocycles. The van der Waals surface area contributed by atoms with Crippen LogP contribution in [0.4, 0.5) is 14.9 Å². The van der Waals surface area contributed by atoms with Gasteiger partial charge in [-0.05, 0) is 48.2 Å². The topological polar surface area (TPSA) is 104 Å². The highest BCUT2D eigenvalue weighted by Gasteiger charge is 2.36. The van der Waals surface area contributed by atoms with Crippen LogP contribution in [0.2, 0.25) is 0 Å². The molecular weight excluding hydrogens is 387 g/mol. The average Bonchev–Trinajstić information content (AvgIpc) is 2.91. The molecule has 1 aliphatic rings. The van der Waals surface area contributed by atoms with E-state index in [0.717, 1.165) is 4.90 Å². The molecule has 2 aromatic carbocycles. The van der Waals surface area contributed by atoms with Gasteiger partial charge in [-0.1, -0.05) is 18.2 Å². The van der Waals surface area contributed by atoms with Crippen molar-refractivity contribution in [3.63, 3.8) is 0 Å². The van der Waals surface area contributed by atoms with Gasteiger partial charge in [0.15, 0.2) is 0 Å². The molecule has 142 valence electrons. The summed E-state index contributed by atoms with van der Waals surface area (Å²) in [6.07, 6.45) is 1.27. The second-order valence-corrected chi connectivity index (χ2v) is 6.71. The van der Waals surface area contributed by atoms with Crippen LogP contribution in [0.25, 0.3) is 6.08 Å². The van der Waals surface area contributed by atoms with E-state index in [1.165, 1.54) is 48.5 Å². The number of carbonyl (C=O) groups is 4. The largest absolute Gasteiger partial charge is 0.478 e. The summed E-state index contributed by atoms with van der Waals surface area (Å²) in [6, 6.07) is 11.2. The van der Waals surface area contributed by atoms with Crippen molar-refractivity contribution in [2.45, 2.75) is 0 Å². The minimum Gasteiger partial charge on any atom is -0.478 e. The third-order valence-corrected chi connectivity index (χ3v) is 4.69. The van der Waals surface area contributed by atoms with Gasteiger partial charge in [0.1, 0.15) is 12.4 Å². The van der Waals surface area contributed by atoms with Crippen molar-refractivity contribution in [1.82, 2.24) is 4.90 Å². The van der Waals surface area contributed by atoms with Crippen molar-refractivity contribution >= 4 is 46.5 Å². The molecule has 7 nitrogen and oxygen atoms in total. The Hall–Kier alpha value is -3.46. The third kappa shape index (κ3) is 4.26. The van der Waals surface area contributed by atoms with Gasteiger partial charge in [0, 0.05) is 11.3 Å². The number of anilines is 1. The zero-order valence-electron chi connectivity index (χ0n) is 14.2. The van der Waals surface area contributed by atoms with E-state index in [4.69, 9.17) is 5.11 Å². The standard InChI is InChI=1S/C19H13FN2O5S/c20-14-4-2-1-3-12(14)9-15-17(24)22(19(27)28-15)10-16(23)21-13-7-5-11(6-8-13)18(25)26/h1-9H,10H2,(H,21,23)(H,25,26)/b15-9+. The third-order valence-electron chi connectivity index (χ3n) is 3.78. The summed E-state index contributed by atoms with van der Waals surface area (Å²) in [4.78, 5) is 48.2. The molecule has 0 atom stereocenters. The SMILES string of the molecule is O=C(CN1C(=O)S/C(=C/c2ccccc2F)C1=O)Nc1ccc(C(=O)O)cc1. The molecule has 0 bridgehead atoms. The van der Waals surface area contributed by atoms with E-state index < -0.39 is 35.4 Å². The predicted octanol–water partition coefficient (Wildman–Crippen LogP) is 3.20. The Bertz CT molecular complexity index is 1000. The molecule has 1 aliphatic heterocycles. The number of rotatable bonds is 5. The number of thioether (sulfide) groups is 1. The maximum Gasteiger partial charge on any atom is 0.335 e. The van der Waals surface area contributed by atoms with Crippen molar-refractivity contribution in [3.8, 4) is 0 Å². The number of benzene rings is 2. The number of aromatic carboxylic acids is 1. The number of nitrogens with zero attached hydrogens (tertiary/aromatic N) is 1. The zero-order valence-corrected chi connectivity index (χ0v) is 15.0. The van der Waals surface area contributed by atoms with Crippen LogP contribution in [0.5, 0.6) is 0 Å². The number of amides is 3. The van der Waals surface area contributed by atoms with E-state index >= 15 is 0 Å². The normalized spacial score (nSPS) is 15.2. The summed E-state index contributed by atoms with van der Waals surface area (Å²) in [5.41, 5.74) is 0.544.